The molecule has 3 unspecified atom stereocenters. The third kappa shape index (κ3) is 3.31. The van der Waals surface area contributed by atoms with Gasteiger partial charge in [0.2, 0.25) is 0 Å². The first-order chi connectivity index (χ1) is 9.49. The van der Waals surface area contributed by atoms with Crippen LogP contribution in [-0.4, -0.2) is 28.6 Å². The lowest BCUT2D eigenvalue weighted by Crippen LogP contribution is -2.47. The molecule has 20 heavy (non-hydrogen) atoms. The van der Waals surface area contributed by atoms with E-state index in [1.807, 2.05) is 29.2 Å². The van der Waals surface area contributed by atoms with Gasteiger partial charge in [-0.15, -0.1) is 0 Å². The summed E-state index contributed by atoms with van der Waals surface area (Å²) in [6.45, 7) is 6.83. The van der Waals surface area contributed by atoms with Crippen LogP contribution in [0.25, 0.3) is 0 Å². The molecule has 110 valence electrons. The summed E-state index contributed by atoms with van der Waals surface area (Å²) in [5.41, 5.74) is 1.54. The molecule has 1 aromatic carbocycles. The minimum Gasteiger partial charge on any atom is -0.389 e. The maximum atomic E-state index is 12.4. The van der Waals surface area contributed by atoms with Crippen molar-refractivity contribution in [1.82, 2.24) is 4.90 Å². The molecule has 1 fully saturated rings. The first-order valence-electron chi connectivity index (χ1n) is 7.34. The van der Waals surface area contributed by atoms with Crippen LogP contribution >= 0.6 is 0 Å². The lowest BCUT2D eigenvalue weighted by atomic mass is 9.92. The number of aliphatic hydroxyl groups excluding tert-OH is 1. The van der Waals surface area contributed by atoms with E-state index in [-0.39, 0.29) is 12.1 Å². The van der Waals surface area contributed by atoms with Gasteiger partial charge in [-0.2, -0.15) is 0 Å². The second-order valence-electron chi connectivity index (χ2n) is 5.79. The Balaban J connectivity index is 2.05. The van der Waals surface area contributed by atoms with E-state index in [0.29, 0.717) is 5.92 Å². The van der Waals surface area contributed by atoms with Crippen LogP contribution in [0.1, 0.15) is 45.3 Å². The van der Waals surface area contributed by atoms with Crippen molar-refractivity contribution >= 4 is 11.7 Å². The summed E-state index contributed by atoms with van der Waals surface area (Å²) in [7, 11) is 0. The number of benzene rings is 1. The Morgan fingerprint density at radius 1 is 1.45 bits per heavy atom. The van der Waals surface area contributed by atoms with Gasteiger partial charge in [0, 0.05) is 18.3 Å². The Morgan fingerprint density at radius 3 is 2.90 bits per heavy atom. The number of aliphatic hydroxyl groups is 1. The van der Waals surface area contributed by atoms with Gasteiger partial charge in [0.25, 0.3) is 0 Å². The van der Waals surface area contributed by atoms with Crippen LogP contribution in [0.2, 0.25) is 0 Å². The molecule has 0 radical (unpaired) electrons. The van der Waals surface area contributed by atoms with Gasteiger partial charge in [-0.05, 0) is 50.3 Å². The minimum absolute atomic E-state index is 0.0493. The Morgan fingerprint density at radius 2 is 2.20 bits per heavy atom. The molecule has 1 saturated heterocycles. The molecule has 4 nitrogen and oxygen atoms in total. The van der Waals surface area contributed by atoms with E-state index in [2.05, 4.69) is 19.2 Å². The normalized spacial score (nSPS) is 24.3. The predicted molar refractivity (Wildman–Crippen MR) is 80.7 cm³/mol. The van der Waals surface area contributed by atoms with Crippen LogP contribution < -0.4 is 5.32 Å². The van der Waals surface area contributed by atoms with Crippen LogP contribution in [0.3, 0.4) is 0 Å². The van der Waals surface area contributed by atoms with E-state index in [1.54, 1.807) is 6.92 Å². The number of likely N-dealkylation sites (tertiary alicyclic amines) is 1. The first-order valence-corrected chi connectivity index (χ1v) is 7.34. The van der Waals surface area contributed by atoms with E-state index in [1.165, 1.54) is 6.42 Å². The van der Waals surface area contributed by atoms with E-state index >= 15 is 0 Å². The summed E-state index contributed by atoms with van der Waals surface area (Å²) in [4.78, 5) is 14.3. The third-order valence-corrected chi connectivity index (χ3v) is 4.25. The van der Waals surface area contributed by atoms with Gasteiger partial charge >= 0.3 is 6.03 Å². The Kier molecular flexibility index (Phi) is 4.65. The highest BCUT2D eigenvalue weighted by atomic mass is 16.3. The number of hydrogen-bond donors (Lipinski definition) is 2. The average molecular weight is 276 g/mol. The molecule has 0 bridgehead atoms. The quantitative estimate of drug-likeness (QED) is 0.870. The highest BCUT2D eigenvalue weighted by Crippen LogP contribution is 2.24. The largest absolute Gasteiger partial charge is 0.389 e. The van der Waals surface area contributed by atoms with Crippen LogP contribution in [0.15, 0.2) is 24.3 Å². The summed E-state index contributed by atoms with van der Waals surface area (Å²) < 4.78 is 0. The fourth-order valence-corrected chi connectivity index (χ4v) is 2.69. The van der Waals surface area contributed by atoms with Crippen LogP contribution in [0.4, 0.5) is 10.5 Å². The number of nitrogens with zero attached hydrogens (tertiary/aromatic N) is 1. The zero-order chi connectivity index (χ0) is 14.7. The lowest BCUT2D eigenvalue weighted by molar-refractivity contribution is 0.139. The van der Waals surface area contributed by atoms with Gasteiger partial charge in [-0.25, -0.2) is 4.79 Å². The zero-order valence-corrected chi connectivity index (χ0v) is 12.5. The van der Waals surface area contributed by atoms with Gasteiger partial charge < -0.3 is 15.3 Å². The van der Waals surface area contributed by atoms with Gasteiger partial charge in [-0.3, -0.25) is 0 Å². The fraction of sp³-hybridized carbons (Fsp3) is 0.562. The molecular formula is C16H24N2O2. The van der Waals surface area contributed by atoms with Crippen molar-refractivity contribution in [3.05, 3.63) is 29.8 Å². The number of nitrogens with one attached hydrogen (secondary N) is 1. The topological polar surface area (TPSA) is 52.6 Å². The molecule has 1 heterocycles. The van der Waals surface area contributed by atoms with Crippen molar-refractivity contribution in [3.63, 3.8) is 0 Å². The second-order valence-corrected chi connectivity index (χ2v) is 5.79. The van der Waals surface area contributed by atoms with Crippen molar-refractivity contribution < 1.29 is 9.90 Å². The molecule has 4 heteroatoms. The van der Waals surface area contributed by atoms with E-state index in [0.717, 1.165) is 24.2 Å². The number of carbonyl (C=O) groups is 1. The molecule has 1 aromatic rings. The smallest absolute Gasteiger partial charge is 0.322 e. The maximum absolute atomic E-state index is 12.4. The first kappa shape index (κ1) is 14.9. The number of anilines is 1. The summed E-state index contributed by atoms with van der Waals surface area (Å²) >= 11 is 0. The van der Waals surface area contributed by atoms with Crippen molar-refractivity contribution in [2.45, 2.75) is 45.8 Å². The Labute approximate surface area is 120 Å². The van der Waals surface area contributed by atoms with Crippen LogP contribution in [0.5, 0.6) is 0 Å². The summed E-state index contributed by atoms with van der Waals surface area (Å²) in [6, 6.07) is 7.59. The standard InChI is InChI=1S/C16H24N2O2/c1-11-6-5-9-18(12(11)2)16(20)17-15-8-4-7-14(10-15)13(3)19/h4,7-8,10-13,19H,5-6,9H2,1-3H3,(H,17,20). The number of urea groups is 1. The lowest BCUT2D eigenvalue weighted by Gasteiger charge is -2.37. The third-order valence-electron chi connectivity index (χ3n) is 4.25. The molecule has 0 saturated carbocycles. The molecule has 1 aliphatic heterocycles. The van der Waals surface area contributed by atoms with Crippen LogP contribution in [-0.2, 0) is 0 Å². The van der Waals surface area contributed by atoms with Gasteiger partial charge in [0.1, 0.15) is 0 Å². The summed E-state index contributed by atoms with van der Waals surface area (Å²) in [5, 5.41) is 12.5. The van der Waals surface area contributed by atoms with Crippen molar-refractivity contribution in [2.24, 2.45) is 5.92 Å². The molecule has 2 amide bonds. The Hall–Kier alpha value is -1.55. The minimum atomic E-state index is -0.527. The van der Waals surface area contributed by atoms with E-state index in [9.17, 15) is 9.90 Å². The highest BCUT2D eigenvalue weighted by Gasteiger charge is 2.28. The second kappa shape index (κ2) is 6.27. The maximum Gasteiger partial charge on any atom is 0.322 e. The van der Waals surface area contributed by atoms with Crippen molar-refractivity contribution in [1.29, 1.82) is 0 Å². The molecule has 0 aliphatic carbocycles. The number of hydrogen-bond acceptors (Lipinski definition) is 2. The van der Waals surface area contributed by atoms with E-state index < -0.39 is 6.10 Å². The number of amides is 2. The SMILES string of the molecule is CC(O)c1cccc(NC(=O)N2CCCC(C)C2C)c1. The number of carbonyl (C=O) groups excluding carboxylic acids is 1. The van der Waals surface area contributed by atoms with Crippen molar-refractivity contribution in [2.75, 3.05) is 11.9 Å². The average Bonchev–Trinajstić information content (AvgIpc) is 2.42. The highest BCUT2D eigenvalue weighted by molar-refractivity contribution is 5.89. The molecular weight excluding hydrogens is 252 g/mol. The van der Waals surface area contributed by atoms with Gasteiger partial charge in [-0.1, -0.05) is 19.1 Å². The molecule has 0 aromatic heterocycles. The molecule has 2 rings (SSSR count). The number of rotatable bonds is 2. The van der Waals surface area contributed by atoms with Gasteiger partial charge in [0.05, 0.1) is 6.10 Å². The molecule has 0 spiro atoms. The van der Waals surface area contributed by atoms with Crippen molar-refractivity contribution in [3.8, 4) is 0 Å². The zero-order valence-electron chi connectivity index (χ0n) is 12.5. The summed E-state index contributed by atoms with van der Waals surface area (Å²) in [5.74, 6) is 0.540. The van der Waals surface area contributed by atoms with Crippen LogP contribution in [0, 0.1) is 5.92 Å². The molecule has 3 atom stereocenters. The number of piperidine rings is 1. The van der Waals surface area contributed by atoms with E-state index in [4.69, 9.17) is 0 Å². The Bertz CT molecular complexity index is 473. The molecule has 2 N–H and O–H groups in total. The fourth-order valence-electron chi connectivity index (χ4n) is 2.69. The monoisotopic (exact) mass is 276 g/mol. The predicted octanol–water partition coefficient (Wildman–Crippen LogP) is 3.39. The van der Waals surface area contributed by atoms with Gasteiger partial charge in [0.15, 0.2) is 0 Å². The summed E-state index contributed by atoms with van der Waals surface area (Å²) in [6.07, 6.45) is 1.72. The molecule has 1 aliphatic rings.